The predicted molar refractivity (Wildman–Crippen MR) is 229 cm³/mol. The number of anilines is 3. The highest BCUT2D eigenvalue weighted by Crippen LogP contribution is 2.45. The first-order valence-corrected chi connectivity index (χ1v) is 18.5. The van der Waals surface area contributed by atoms with Crippen molar-refractivity contribution < 1.29 is 0 Å². The molecule has 0 fully saturated rings. The molecular weight excluding hydrogens is 653 g/mol. The van der Waals surface area contributed by atoms with Crippen molar-refractivity contribution >= 4 is 49.6 Å². The molecule has 0 aliphatic heterocycles. The monoisotopic (exact) mass is 688 g/mol. The van der Waals surface area contributed by atoms with E-state index in [1.807, 2.05) is 0 Å². The Morgan fingerprint density at radius 3 is 1.43 bits per heavy atom. The zero-order chi connectivity index (χ0) is 35.8. The Morgan fingerprint density at radius 2 is 0.778 bits per heavy atom. The molecule has 0 saturated carbocycles. The second-order valence-corrected chi connectivity index (χ2v) is 13.7. The van der Waals surface area contributed by atoms with Crippen LogP contribution in [0, 0.1) is 0 Å². The van der Waals surface area contributed by atoms with Gasteiger partial charge in [-0.3, -0.25) is 0 Å². The van der Waals surface area contributed by atoms with Crippen LogP contribution in [0.4, 0.5) is 17.1 Å². The average Bonchev–Trinajstić information content (AvgIpc) is 3.58. The molecule has 0 atom stereocenters. The largest absolute Gasteiger partial charge is 0.310 e. The second-order valence-electron chi connectivity index (χ2n) is 13.7. The highest BCUT2D eigenvalue weighted by Gasteiger charge is 2.21. The third kappa shape index (κ3) is 5.44. The summed E-state index contributed by atoms with van der Waals surface area (Å²) in [5, 5.41) is 4.97. The van der Waals surface area contributed by atoms with Gasteiger partial charge < -0.3 is 9.47 Å². The zero-order valence-corrected chi connectivity index (χ0v) is 29.7. The van der Waals surface area contributed by atoms with Crippen molar-refractivity contribution in [2.75, 3.05) is 4.90 Å². The minimum atomic E-state index is 1.11. The van der Waals surface area contributed by atoms with Gasteiger partial charge in [0.1, 0.15) is 0 Å². The molecule has 54 heavy (non-hydrogen) atoms. The summed E-state index contributed by atoms with van der Waals surface area (Å²) < 4.78 is 2.40. The number of fused-ring (bicyclic) bond motifs is 4. The number of para-hydroxylation sites is 4. The fourth-order valence-corrected chi connectivity index (χ4v) is 8.12. The van der Waals surface area contributed by atoms with E-state index in [-0.39, 0.29) is 0 Å². The summed E-state index contributed by atoms with van der Waals surface area (Å²) in [4.78, 5) is 2.38. The van der Waals surface area contributed by atoms with Gasteiger partial charge in [-0.15, -0.1) is 0 Å². The normalized spacial score (nSPS) is 11.3. The number of hydrogen-bond donors (Lipinski definition) is 0. The van der Waals surface area contributed by atoms with Crippen molar-refractivity contribution in [2.24, 2.45) is 0 Å². The van der Waals surface area contributed by atoms with E-state index in [0.29, 0.717) is 0 Å². The molecule has 2 nitrogen and oxygen atoms in total. The Balaban J connectivity index is 1.25. The summed E-state index contributed by atoms with van der Waals surface area (Å²) in [5.41, 5.74) is 14.0. The fourth-order valence-electron chi connectivity index (χ4n) is 8.12. The molecule has 0 aliphatic rings. The van der Waals surface area contributed by atoms with E-state index in [1.165, 1.54) is 54.8 Å². The molecule has 9 aromatic carbocycles. The third-order valence-corrected chi connectivity index (χ3v) is 10.6. The average molecular weight is 689 g/mol. The van der Waals surface area contributed by atoms with Crippen LogP contribution in [0.5, 0.6) is 0 Å². The number of benzene rings is 9. The van der Waals surface area contributed by atoms with Crippen LogP contribution in [0.2, 0.25) is 0 Å². The van der Waals surface area contributed by atoms with Gasteiger partial charge in [-0.25, -0.2) is 0 Å². The lowest BCUT2D eigenvalue weighted by atomic mass is 9.90. The summed E-state index contributed by atoms with van der Waals surface area (Å²) in [5.74, 6) is 0. The van der Waals surface area contributed by atoms with Crippen LogP contribution >= 0.6 is 0 Å². The van der Waals surface area contributed by atoms with Crippen LogP contribution in [-0.2, 0) is 0 Å². The quantitative estimate of drug-likeness (QED) is 0.162. The highest BCUT2D eigenvalue weighted by atomic mass is 15.1. The van der Waals surface area contributed by atoms with Crippen molar-refractivity contribution in [3.8, 4) is 39.1 Å². The molecule has 0 radical (unpaired) electrons. The van der Waals surface area contributed by atoms with Gasteiger partial charge in [0.05, 0.1) is 16.7 Å². The van der Waals surface area contributed by atoms with E-state index >= 15 is 0 Å². The maximum absolute atomic E-state index is 2.40. The standard InChI is InChI=1S/C52H36N2/c1-5-17-37(18-6-1)43-32-33-44(46-26-14-13-25-45(43)46)38-30-34-51(53(40-19-7-2-8-20-40)41-21-9-3-10-22-41)49(35-38)39-29-31-48-47-27-15-16-28-50(47)54(52(48)36-39)42-23-11-4-12-24-42/h1-36H. The molecule has 254 valence electrons. The van der Waals surface area contributed by atoms with Crippen molar-refractivity contribution in [1.29, 1.82) is 0 Å². The summed E-state index contributed by atoms with van der Waals surface area (Å²) >= 11 is 0. The van der Waals surface area contributed by atoms with E-state index in [1.54, 1.807) is 0 Å². The molecular formula is C52H36N2. The van der Waals surface area contributed by atoms with Crippen LogP contribution in [0.25, 0.3) is 71.6 Å². The van der Waals surface area contributed by atoms with E-state index in [2.05, 4.69) is 228 Å². The van der Waals surface area contributed by atoms with Gasteiger partial charge in [-0.1, -0.05) is 158 Å². The first-order chi connectivity index (χ1) is 26.8. The van der Waals surface area contributed by atoms with Crippen LogP contribution in [0.1, 0.15) is 0 Å². The smallest absolute Gasteiger partial charge is 0.0547 e. The summed E-state index contributed by atoms with van der Waals surface area (Å²) in [6.45, 7) is 0. The van der Waals surface area contributed by atoms with Gasteiger partial charge in [-0.05, 0) is 99.3 Å². The van der Waals surface area contributed by atoms with Crippen LogP contribution in [-0.4, -0.2) is 4.57 Å². The first kappa shape index (κ1) is 31.6. The maximum atomic E-state index is 2.40. The molecule has 1 heterocycles. The minimum Gasteiger partial charge on any atom is -0.310 e. The Labute approximate surface area is 315 Å². The molecule has 10 rings (SSSR count). The van der Waals surface area contributed by atoms with E-state index in [0.717, 1.165) is 33.9 Å². The van der Waals surface area contributed by atoms with Gasteiger partial charge in [0.2, 0.25) is 0 Å². The molecule has 1 aromatic heterocycles. The first-order valence-electron chi connectivity index (χ1n) is 18.5. The van der Waals surface area contributed by atoms with E-state index in [9.17, 15) is 0 Å². The lowest BCUT2D eigenvalue weighted by Crippen LogP contribution is -2.11. The van der Waals surface area contributed by atoms with Gasteiger partial charge >= 0.3 is 0 Å². The number of nitrogens with zero attached hydrogens (tertiary/aromatic N) is 2. The van der Waals surface area contributed by atoms with Gasteiger partial charge in [0, 0.05) is 33.4 Å². The number of aromatic nitrogens is 1. The second kappa shape index (κ2) is 13.4. The maximum Gasteiger partial charge on any atom is 0.0547 e. The molecule has 0 bridgehead atoms. The lowest BCUT2D eigenvalue weighted by molar-refractivity contribution is 1.18. The zero-order valence-electron chi connectivity index (χ0n) is 29.7. The number of rotatable bonds is 7. The molecule has 0 N–H and O–H groups in total. The lowest BCUT2D eigenvalue weighted by Gasteiger charge is -2.28. The minimum absolute atomic E-state index is 1.11. The summed E-state index contributed by atoms with van der Waals surface area (Å²) in [7, 11) is 0. The SMILES string of the molecule is c1ccc(-c2ccc(-c3ccc(N(c4ccccc4)c4ccccc4)c(-c4ccc5c6ccccc6n(-c6ccccc6)c5c4)c3)c3ccccc23)cc1. The van der Waals surface area contributed by atoms with E-state index < -0.39 is 0 Å². The molecule has 0 aliphatic carbocycles. The molecule has 2 heteroatoms. The molecule has 0 unspecified atom stereocenters. The van der Waals surface area contributed by atoms with Crippen molar-refractivity contribution in [2.45, 2.75) is 0 Å². The van der Waals surface area contributed by atoms with Crippen LogP contribution in [0.3, 0.4) is 0 Å². The van der Waals surface area contributed by atoms with Crippen LogP contribution < -0.4 is 4.90 Å². The van der Waals surface area contributed by atoms with E-state index in [4.69, 9.17) is 0 Å². The van der Waals surface area contributed by atoms with Gasteiger partial charge in [0.25, 0.3) is 0 Å². The van der Waals surface area contributed by atoms with Crippen molar-refractivity contribution in [3.05, 3.63) is 218 Å². The molecule has 10 aromatic rings. The third-order valence-electron chi connectivity index (χ3n) is 10.6. The fraction of sp³-hybridized carbons (Fsp3) is 0. The molecule has 0 saturated heterocycles. The van der Waals surface area contributed by atoms with Gasteiger partial charge in [-0.2, -0.15) is 0 Å². The Hall–Kier alpha value is -7.16. The Bertz CT molecular complexity index is 2870. The molecule has 0 amide bonds. The predicted octanol–water partition coefficient (Wildman–Crippen LogP) is 14.4. The highest BCUT2D eigenvalue weighted by molar-refractivity contribution is 6.11. The molecule has 0 spiro atoms. The van der Waals surface area contributed by atoms with Gasteiger partial charge in [0.15, 0.2) is 0 Å². The summed E-state index contributed by atoms with van der Waals surface area (Å²) in [6, 6.07) is 78.9. The number of hydrogen-bond acceptors (Lipinski definition) is 1. The summed E-state index contributed by atoms with van der Waals surface area (Å²) in [6.07, 6.45) is 0. The van der Waals surface area contributed by atoms with Crippen molar-refractivity contribution in [3.63, 3.8) is 0 Å². The van der Waals surface area contributed by atoms with Crippen molar-refractivity contribution in [1.82, 2.24) is 4.57 Å². The van der Waals surface area contributed by atoms with Crippen LogP contribution in [0.15, 0.2) is 218 Å². The Kier molecular flexibility index (Phi) is 7.85. The topological polar surface area (TPSA) is 8.17 Å². The Morgan fingerprint density at radius 1 is 0.296 bits per heavy atom.